The molecule has 344 valence electrons. The fraction of sp³-hybridized carbons (Fsp3) is 0.622. The molecule has 0 aliphatic carbocycles. The Kier molecular flexibility index (Phi) is 14.7. The summed E-state index contributed by atoms with van der Waals surface area (Å²) in [5, 5.41) is 5.37. The summed E-state index contributed by atoms with van der Waals surface area (Å²) in [5.74, 6) is -14.6. The molecule has 13 nitrogen and oxygen atoms in total. The molecular weight excluding hydrogens is 817 g/mol. The number of rotatable bonds is 10. The summed E-state index contributed by atoms with van der Waals surface area (Å²) in [7, 11) is 0. The van der Waals surface area contributed by atoms with Gasteiger partial charge in [0.2, 0.25) is 0 Å². The van der Waals surface area contributed by atoms with Gasteiger partial charge in [0.15, 0.2) is 0 Å². The lowest BCUT2D eigenvalue weighted by atomic mass is 9.84. The molecule has 0 saturated carbocycles. The highest BCUT2D eigenvalue weighted by molar-refractivity contribution is 5.99. The van der Waals surface area contributed by atoms with Crippen molar-refractivity contribution in [2.75, 3.05) is 36.8 Å². The monoisotopic (exact) mass is 878 g/mol. The van der Waals surface area contributed by atoms with E-state index < -0.39 is 114 Å². The van der Waals surface area contributed by atoms with Crippen molar-refractivity contribution in [1.82, 2.24) is 9.80 Å². The van der Waals surface area contributed by atoms with Crippen LogP contribution in [0, 0.1) is 23.7 Å². The molecule has 2 aliphatic heterocycles. The molecule has 62 heavy (non-hydrogen) atoms. The first-order valence-electron chi connectivity index (χ1n) is 20.6. The second-order valence-corrected chi connectivity index (χ2v) is 20.1. The predicted molar refractivity (Wildman–Crippen MR) is 224 cm³/mol. The minimum absolute atomic E-state index is 0.203. The standard InChI is InChI=1S/C45H62F4N4O9/c1-40(2,3)59-35(54)31(33-23-52(25-44(33,46)47)38(57)61-42(7,8)9)21-27-15-13-17-29(19-27)50-37(56)51-30-18-14-16-28(20-30)22-32(36(55)60-41(4,5)6)34-24-53(26-45(34,48)49)39(58)62-43(10,11)12/h13-20,31-34H,21-26H2,1-12H3,(H2,50,51,56). The van der Waals surface area contributed by atoms with E-state index >= 15 is 17.6 Å². The minimum Gasteiger partial charge on any atom is -0.460 e. The van der Waals surface area contributed by atoms with Crippen molar-refractivity contribution < 1.29 is 60.5 Å². The second kappa shape index (κ2) is 18.3. The quantitative estimate of drug-likeness (QED) is 0.135. The van der Waals surface area contributed by atoms with Gasteiger partial charge in [0, 0.05) is 24.5 Å². The van der Waals surface area contributed by atoms with Crippen LogP contribution in [-0.2, 0) is 41.4 Å². The van der Waals surface area contributed by atoms with E-state index in [1.54, 1.807) is 119 Å². The fourth-order valence-corrected chi connectivity index (χ4v) is 7.28. The molecule has 4 amide bonds. The number of alkyl halides is 4. The molecule has 2 fully saturated rings. The summed E-state index contributed by atoms with van der Waals surface area (Å²) in [6.07, 6.45) is -2.25. The first-order valence-corrected chi connectivity index (χ1v) is 20.6. The zero-order valence-electron chi connectivity index (χ0n) is 37.8. The lowest BCUT2D eigenvalue weighted by molar-refractivity contribution is -0.167. The zero-order valence-corrected chi connectivity index (χ0v) is 37.8. The van der Waals surface area contributed by atoms with Crippen LogP contribution in [-0.4, -0.2) is 100 Å². The van der Waals surface area contributed by atoms with Gasteiger partial charge in [-0.05, 0) is 131 Å². The van der Waals surface area contributed by atoms with Crippen LogP contribution in [0.25, 0.3) is 0 Å². The van der Waals surface area contributed by atoms with Gasteiger partial charge in [0.1, 0.15) is 22.4 Å². The molecule has 4 rings (SSSR count). The number of nitrogens with one attached hydrogen (secondary N) is 2. The molecule has 2 aromatic rings. The van der Waals surface area contributed by atoms with Crippen LogP contribution in [0.2, 0.25) is 0 Å². The van der Waals surface area contributed by atoms with Crippen LogP contribution in [0.5, 0.6) is 0 Å². The number of esters is 2. The number of carbonyl (C=O) groups excluding carboxylic acids is 5. The van der Waals surface area contributed by atoms with E-state index in [-0.39, 0.29) is 24.2 Å². The van der Waals surface area contributed by atoms with Crippen molar-refractivity contribution in [1.29, 1.82) is 0 Å². The van der Waals surface area contributed by atoms with Crippen molar-refractivity contribution in [3.63, 3.8) is 0 Å². The first kappa shape index (κ1) is 49.6. The molecule has 0 spiro atoms. The van der Waals surface area contributed by atoms with Gasteiger partial charge in [0.25, 0.3) is 11.8 Å². The van der Waals surface area contributed by atoms with Crippen molar-refractivity contribution in [3.05, 3.63) is 59.7 Å². The van der Waals surface area contributed by atoms with E-state index in [0.29, 0.717) is 11.1 Å². The first-order chi connectivity index (χ1) is 28.2. The SMILES string of the molecule is CC(C)(C)OC(=O)C(Cc1cccc(NC(=O)Nc2cccc(CC(C(=O)OC(C)(C)C)C3CN(C(=O)OC(C)(C)C)CC3(F)F)c2)c1)C1CN(C(=O)OC(C)(C)C)CC1(F)F. The number of benzene rings is 2. The second-order valence-electron chi connectivity index (χ2n) is 20.1. The molecule has 0 bridgehead atoms. The molecule has 2 aliphatic rings. The molecule has 2 N–H and O–H groups in total. The Morgan fingerprint density at radius 2 is 0.903 bits per heavy atom. The number of amides is 4. The average molecular weight is 879 g/mol. The third-order valence-corrected chi connectivity index (χ3v) is 9.70. The smallest absolute Gasteiger partial charge is 0.410 e. The van der Waals surface area contributed by atoms with E-state index in [2.05, 4.69) is 10.6 Å². The summed E-state index contributed by atoms with van der Waals surface area (Å²) < 4.78 is 84.5. The van der Waals surface area contributed by atoms with Crippen molar-refractivity contribution in [3.8, 4) is 0 Å². The molecular formula is C45H62F4N4O9. The van der Waals surface area contributed by atoms with E-state index in [0.717, 1.165) is 9.80 Å². The Morgan fingerprint density at radius 1 is 0.581 bits per heavy atom. The average Bonchev–Trinajstić information content (AvgIpc) is 3.57. The summed E-state index contributed by atoms with van der Waals surface area (Å²) in [4.78, 5) is 67.7. The zero-order chi connectivity index (χ0) is 46.8. The van der Waals surface area contributed by atoms with Crippen molar-refractivity contribution >= 4 is 41.5 Å². The number of urea groups is 1. The summed E-state index contributed by atoms with van der Waals surface area (Å²) in [5.41, 5.74) is -2.46. The Labute approximate surface area is 361 Å². The van der Waals surface area contributed by atoms with E-state index in [9.17, 15) is 24.0 Å². The molecule has 2 saturated heterocycles. The van der Waals surface area contributed by atoms with Gasteiger partial charge in [0.05, 0.1) is 36.8 Å². The van der Waals surface area contributed by atoms with E-state index in [1.807, 2.05) is 0 Å². The summed E-state index contributed by atoms with van der Waals surface area (Å²) >= 11 is 0. The number of ether oxygens (including phenoxy) is 4. The summed E-state index contributed by atoms with van der Waals surface area (Å²) in [6, 6.07) is 11.9. The summed E-state index contributed by atoms with van der Waals surface area (Å²) in [6.45, 7) is 16.7. The topological polar surface area (TPSA) is 153 Å². The molecule has 0 aromatic heterocycles. The Hall–Kier alpha value is -5.09. The van der Waals surface area contributed by atoms with Gasteiger partial charge in [-0.1, -0.05) is 24.3 Å². The largest absolute Gasteiger partial charge is 0.460 e. The maximum atomic E-state index is 15.7. The molecule has 17 heteroatoms. The molecule has 0 radical (unpaired) electrons. The van der Waals surface area contributed by atoms with Crippen LogP contribution < -0.4 is 10.6 Å². The lowest BCUT2D eigenvalue weighted by Crippen LogP contribution is -2.41. The van der Waals surface area contributed by atoms with Gasteiger partial charge in [-0.2, -0.15) is 0 Å². The maximum absolute atomic E-state index is 15.7. The number of likely N-dealkylation sites (tertiary alicyclic amines) is 2. The number of hydrogen-bond donors (Lipinski definition) is 2. The van der Waals surface area contributed by atoms with Crippen molar-refractivity contribution in [2.45, 2.75) is 130 Å². The number of anilines is 2. The van der Waals surface area contributed by atoms with Gasteiger partial charge in [-0.3, -0.25) is 9.59 Å². The van der Waals surface area contributed by atoms with Gasteiger partial charge < -0.3 is 39.4 Å². The van der Waals surface area contributed by atoms with Gasteiger partial charge in [-0.15, -0.1) is 0 Å². The molecule has 2 aromatic carbocycles. The molecule has 2 heterocycles. The number of halogens is 4. The minimum atomic E-state index is -3.45. The van der Waals surface area contributed by atoms with Gasteiger partial charge in [-0.25, -0.2) is 31.9 Å². The van der Waals surface area contributed by atoms with Crippen LogP contribution in [0.15, 0.2) is 48.5 Å². The Balaban J connectivity index is 1.51. The highest BCUT2D eigenvalue weighted by atomic mass is 19.3. The highest BCUT2D eigenvalue weighted by Crippen LogP contribution is 2.42. The van der Waals surface area contributed by atoms with Gasteiger partial charge >= 0.3 is 30.2 Å². The Bertz CT molecular complexity index is 1830. The normalized spacial score (nSPS) is 19.9. The van der Waals surface area contributed by atoms with E-state index in [4.69, 9.17) is 18.9 Å². The third-order valence-electron chi connectivity index (χ3n) is 9.70. The predicted octanol–water partition coefficient (Wildman–Crippen LogP) is 9.34. The van der Waals surface area contributed by atoms with Crippen LogP contribution >= 0.6 is 0 Å². The van der Waals surface area contributed by atoms with Crippen LogP contribution in [0.3, 0.4) is 0 Å². The van der Waals surface area contributed by atoms with Crippen molar-refractivity contribution in [2.24, 2.45) is 23.7 Å². The fourth-order valence-electron chi connectivity index (χ4n) is 7.28. The molecule has 4 unspecified atom stereocenters. The number of carbonyl (C=O) groups is 5. The lowest BCUT2D eigenvalue weighted by Gasteiger charge is -2.29. The van der Waals surface area contributed by atoms with Crippen LogP contribution in [0.1, 0.15) is 94.2 Å². The number of hydrogen-bond acceptors (Lipinski definition) is 9. The highest BCUT2D eigenvalue weighted by Gasteiger charge is 2.57. The van der Waals surface area contributed by atoms with E-state index in [1.165, 1.54) is 12.1 Å². The number of nitrogens with zero attached hydrogens (tertiary/aromatic N) is 2. The third kappa shape index (κ3) is 14.5. The maximum Gasteiger partial charge on any atom is 0.410 e. The van der Waals surface area contributed by atoms with Crippen LogP contribution in [0.4, 0.5) is 43.3 Å². The Morgan fingerprint density at radius 3 is 1.21 bits per heavy atom. The molecule has 4 atom stereocenters.